The van der Waals surface area contributed by atoms with Crippen LogP contribution in [0.4, 0.5) is 0 Å². The van der Waals surface area contributed by atoms with E-state index in [9.17, 15) is 5.11 Å². The molecule has 0 atom stereocenters. The molecular weight excluding hydrogens is 224 g/mol. The molecule has 0 aromatic heterocycles. The molecule has 2 aromatic rings. The maximum Gasteiger partial charge on any atom is 0.128 e. The second-order valence-electron chi connectivity index (χ2n) is 4.03. The molecule has 0 amide bonds. The number of para-hydroxylation sites is 1. The van der Waals surface area contributed by atoms with Gasteiger partial charge in [-0.05, 0) is 5.56 Å². The predicted molar refractivity (Wildman–Crippen MR) is 74.2 cm³/mol. The van der Waals surface area contributed by atoms with Crippen molar-refractivity contribution in [3.8, 4) is 5.75 Å². The fourth-order valence-electron chi connectivity index (χ4n) is 1.77. The minimum absolute atomic E-state index is 0.284. The standard InChI is InChI=1S/C16H16O2/c1-18-12-15-9-5-8-14(16(15)17)11-10-13-6-3-2-4-7-13/h2-11,17H,12H2,1H3. The summed E-state index contributed by atoms with van der Waals surface area (Å²) in [7, 11) is 1.62. The summed E-state index contributed by atoms with van der Waals surface area (Å²) in [5.74, 6) is 0.284. The molecule has 2 aromatic carbocycles. The largest absolute Gasteiger partial charge is 0.507 e. The Morgan fingerprint density at radius 3 is 2.50 bits per heavy atom. The molecule has 0 aliphatic heterocycles. The van der Waals surface area contributed by atoms with Crippen LogP contribution in [0.2, 0.25) is 0 Å². The summed E-state index contributed by atoms with van der Waals surface area (Å²) in [6, 6.07) is 15.7. The highest BCUT2D eigenvalue weighted by molar-refractivity contribution is 5.73. The van der Waals surface area contributed by atoms with E-state index in [-0.39, 0.29) is 5.75 Å². The normalized spacial score (nSPS) is 10.9. The first-order valence-corrected chi connectivity index (χ1v) is 5.84. The van der Waals surface area contributed by atoms with E-state index < -0.39 is 0 Å². The molecule has 2 heteroatoms. The smallest absolute Gasteiger partial charge is 0.128 e. The van der Waals surface area contributed by atoms with Gasteiger partial charge in [0, 0.05) is 18.2 Å². The van der Waals surface area contributed by atoms with Gasteiger partial charge in [-0.25, -0.2) is 0 Å². The van der Waals surface area contributed by atoms with Crippen molar-refractivity contribution in [2.75, 3.05) is 7.11 Å². The van der Waals surface area contributed by atoms with Crippen molar-refractivity contribution in [3.05, 3.63) is 65.2 Å². The third kappa shape index (κ3) is 2.99. The molecular formula is C16H16O2. The Morgan fingerprint density at radius 2 is 1.78 bits per heavy atom. The van der Waals surface area contributed by atoms with Crippen LogP contribution >= 0.6 is 0 Å². The number of hydrogen-bond donors (Lipinski definition) is 1. The van der Waals surface area contributed by atoms with Gasteiger partial charge >= 0.3 is 0 Å². The zero-order valence-corrected chi connectivity index (χ0v) is 10.3. The van der Waals surface area contributed by atoms with Gasteiger partial charge in [-0.1, -0.05) is 60.7 Å². The summed E-state index contributed by atoms with van der Waals surface area (Å²) in [6.45, 7) is 0.416. The SMILES string of the molecule is COCc1cccc(C=Cc2ccccc2)c1O. The van der Waals surface area contributed by atoms with Crippen LogP contribution in [-0.4, -0.2) is 12.2 Å². The lowest BCUT2D eigenvalue weighted by Gasteiger charge is -2.06. The third-order valence-corrected chi connectivity index (χ3v) is 2.71. The quantitative estimate of drug-likeness (QED) is 0.825. The molecule has 0 radical (unpaired) electrons. The van der Waals surface area contributed by atoms with Gasteiger partial charge in [-0.15, -0.1) is 0 Å². The highest BCUT2D eigenvalue weighted by Crippen LogP contribution is 2.24. The summed E-state index contributed by atoms with van der Waals surface area (Å²) >= 11 is 0. The monoisotopic (exact) mass is 240 g/mol. The average Bonchev–Trinajstić information content (AvgIpc) is 2.41. The molecule has 1 N–H and O–H groups in total. The van der Waals surface area contributed by atoms with Crippen molar-refractivity contribution in [2.45, 2.75) is 6.61 Å². The predicted octanol–water partition coefficient (Wildman–Crippen LogP) is 3.71. The number of phenolic OH excluding ortho intramolecular Hbond substituents is 1. The molecule has 0 spiro atoms. The number of methoxy groups -OCH3 is 1. The lowest BCUT2D eigenvalue weighted by molar-refractivity contribution is 0.182. The number of aromatic hydroxyl groups is 1. The zero-order chi connectivity index (χ0) is 12.8. The van der Waals surface area contributed by atoms with Crippen LogP contribution in [0.5, 0.6) is 5.75 Å². The van der Waals surface area contributed by atoms with Gasteiger partial charge < -0.3 is 9.84 Å². The minimum Gasteiger partial charge on any atom is -0.507 e. The molecule has 0 aliphatic rings. The van der Waals surface area contributed by atoms with Crippen molar-refractivity contribution in [2.24, 2.45) is 0 Å². The highest BCUT2D eigenvalue weighted by Gasteiger charge is 2.03. The first-order chi connectivity index (χ1) is 8.81. The van der Waals surface area contributed by atoms with E-state index in [1.807, 2.05) is 60.7 Å². The Labute approximate surface area is 107 Å². The van der Waals surface area contributed by atoms with E-state index in [0.717, 1.165) is 16.7 Å². The minimum atomic E-state index is 0.284. The number of phenols is 1. The molecule has 2 nitrogen and oxygen atoms in total. The highest BCUT2D eigenvalue weighted by atomic mass is 16.5. The Kier molecular flexibility index (Phi) is 4.15. The lowest BCUT2D eigenvalue weighted by atomic mass is 10.1. The van der Waals surface area contributed by atoms with Crippen LogP contribution in [0, 0.1) is 0 Å². The first-order valence-electron chi connectivity index (χ1n) is 5.84. The fourth-order valence-corrected chi connectivity index (χ4v) is 1.77. The number of ether oxygens (including phenoxy) is 1. The van der Waals surface area contributed by atoms with Gasteiger partial charge in [0.15, 0.2) is 0 Å². The van der Waals surface area contributed by atoms with Gasteiger partial charge in [-0.2, -0.15) is 0 Å². The van der Waals surface area contributed by atoms with Crippen molar-refractivity contribution in [1.82, 2.24) is 0 Å². The number of hydrogen-bond acceptors (Lipinski definition) is 2. The van der Waals surface area contributed by atoms with Crippen LogP contribution in [0.15, 0.2) is 48.5 Å². The molecule has 0 unspecified atom stereocenters. The molecule has 18 heavy (non-hydrogen) atoms. The molecule has 2 rings (SSSR count). The average molecular weight is 240 g/mol. The maximum absolute atomic E-state index is 10.1. The topological polar surface area (TPSA) is 29.5 Å². The van der Waals surface area contributed by atoms with Crippen molar-refractivity contribution in [3.63, 3.8) is 0 Å². The van der Waals surface area contributed by atoms with Crippen molar-refractivity contribution < 1.29 is 9.84 Å². The van der Waals surface area contributed by atoms with Gasteiger partial charge in [0.05, 0.1) is 6.61 Å². The Bertz CT molecular complexity index is 530. The Balaban J connectivity index is 2.24. The molecule has 92 valence electrons. The number of rotatable bonds is 4. The Morgan fingerprint density at radius 1 is 1.00 bits per heavy atom. The summed E-state index contributed by atoms with van der Waals surface area (Å²) in [4.78, 5) is 0. The van der Waals surface area contributed by atoms with Crippen LogP contribution in [-0.2, 0) is 11.3 Å². The molecule has 0 aliphatic carbocycles. The second kappa shape index (κ2) is 6.03. The Hall–Kier alpha value is -2.06. The van der Waals surface area contributed by atoms with Crippen molar-refractivity contribution >= 4 is 12.2 Å². The van der Waals surface area contributed by atoms with Crippen LogP contribution in [0.1, 0.15) is 16.7 Å². The zero-order valence-electron chi connectivity index (χ0n) is 10.3. The van der Waals surface area contributed by atoms with Gasteiger partial charge in [0.25, 0.3) is 0 Å². The van der Waals surface area contributed by atoms with Crippen molar-refractivity contribution in [1.29, 1.82) is 0 Å². The summed E-state index contributed by atoms with van der Waals surface area (Å²) < 4.78 is 5.04. The fraction of sp³-hybridized carbons (Fsp3) is 0.125. The van der Waals surface area contributed by atoms with E-state index in [4.69, 9.17) is 4.74 Å². The van der Waals surface area contributed by atoms with E-state index >= 15 is 0 Å². The van der Waals surface area contributed by atoms with E-state index in [0.29, 0.717) is 6.61 Å². The summed E-state index contributed by atoms with van der Waals surface area (Å²) in [5, 5.41) is 10.1. The van der Waals surface area contributed by atoms with Gasteiger partial charge in [0.1, 0.15) is 5.75 Å². The van der Waals surface area contributed by atoms with E-state index in [1.54, 1.807) is 7.11 Å². The van der Waals surface area contributed by atoms with Crippen LogP contribution < -0.4 is 0 Å². The second-order valence-corrected chi connectivity index (χ2v) is 4.03. The lowest BCUT2D eigenvalue weighted by Crippen LogP contribution is -1.89. The molecule has 0 saturated heterocycles. The first kappa shape index (κ1) is 12.4. The van der Waals surface area contributed by atoms with Crippen LogP contribution in [0.3, 0.4) is 0 Å². The van der Waals surface area contributed by atoms with Gasteiger partial charge in [0.2, 0.25) is 0 Å². The molecule has 0 fully saturated rings. The molecule has 0 bridgehead atoms. The van der Waals surface area contributed by atoms with Crippen LogP contribution in [0.25, 0.3) is 12.2 Å². The number of benzene rings is 2. The molecule has 0 heterocycles. The molecule has 0 saturated carbocycles. The van der Waals surface area contributed by atoms with E-state index in [1.165, 1.54) is 0 Å². The van der Waals surface area contributed by atoms with Gasteiger partial charge in [-0.3, -0.25) is 0 Å². The third-order valence-electron chi connectivity index (χ3n) is 2.71. The summed E-state index contributed by atoms with van der Waals surface area (Å²) in [5.41, 5.74) is 2.70. The van der Waals surface area contributed by atoms with E-state index in [2.05, 4.69) is 0 Å². The maximum atomic E-state index is 10.1. The summed E-state index contributed by atoms with van der Waals surface area (Å²) in [6.07, 6.45) is 3.88.